The van der Waals surface area contributed by atoms with Gasteiger partial charge in [-0.2, -0.15) is 5.10 Å². The van der Waals surface area contributed by atoms with Crippen molar-refractivity contribution in [3.05, 3.63) is 52.7 Å². The lowest BCUT2D eigenvalue weighted by molar-refractivity contribution is 0.380. The maximum atomic E-state index is 6.52. The lowest BCUT2D eigenvalue weighted by Gasteiger charge is -2.31. The van der Waals surface area contributed by atoms with Crippen LogP contribution in [0.4, 0.5) is 5.82 Å². The number of aliphatic imine (C=N–C) groups is 1. The van der Waals surface area contributed by atoms with E-state index < -0.39 is 5.79 Å². The van der Waals surface area contributed by atoms with Gasteiger partial charge in [-0.15, -0.1) is 0 Å². The molecule has 2 aliphatic rings. The fraction of sp³-hybridized carbons (Fsp3) is 0.316. The minimum absolute atomic E-state index is 0.415. The van der Waals surface area contributed by atoms with Gasteiger partial charge in [-0.05, 0) is 30.5 Å². The van der Waals surface area contributed by atoms with E-state index >= 15 is 0 Å². The molecule has 5 rings (SSSR count). The van der Waals surface area contributed by atoms with Crippen molar-refractivity contribution in [1.29, 1.82) is 0 Å². The second kappa shape index (κ2) is 6.65. The molecule has 0 bridgehead atoms. The van der Waals surface area contributed by atoms with Crippen LogP contribution in [-0.4, -0.2) is 32.2 Å². The maximum absolute atomic E-state index is 6.52. The standard InChI is InChI=1S/C19H21ClN8/c20-17-12(4-5-13-18(17)23-10-22-13)9-19(21)24-7-6-15(26-19)25-16-8-14(27-28-16)11-2-1-3-11/h4-8,10-11,26H,1-3,9,21H2,(H,22,23)(H2,25,27,28). The zero-order valence-corrected chi connectivity index (χ0v) is 15.9. The first-order valence-electron chi connectivity index (χ1n) is 9.35. The molecule has 8 nitrogen and oxygen atoms in total. The highest BCUT2D eigenvalue weighted by atomic mass is 35.5. The van der Waals surface area contributed by atoms with Crippen molar-refractivity contribution >= 4 is 34.7 Å². The summed E-state index contributed by atoms with van der Waals surface area (Å²) in [6.07, 6.45) is 9.31. The van der Waals surface area contributed by atoms with E-state index in [1.807, 2.05) is 18.2 Å². The molecule has 1 aliphatic heterocycles. The molecule has 1 aliphatic carbocycles. The maximum Gasteiger partial charge on any atom is 0.187 e. The number of hydrogen-bond acceptors (Lipinski definition) is 6. The highest BCUT2D eigenvalue weighted by Crippen LogP contribution is 2.36. The first-order valence-corrected chi connectivity index (χ1v) is 9.73. The molecule has 1 unspecified atom stereocenters. The van der Waals surface area contributed by atoms with Crippen molar-refractivity contribution in [2.45, 2.75) is 37.4 Å². The summed E-state index contributed by atoms with van der Waals surface area (Å²) in [5.74, 6) is 1.08. The average Bonchev–Trinajstić information content (AvgIpc) is 3.26. The number of allylic oxidation sites excluding steroid dienone is 1. The zero-order valence-electron chi connectivity index (χ0n) is 15.2. The Morgan fingerprint density at radius 1 is 1.32 bits per heavy atom. The van der Waals surface area contributed by atoms with E-state index in [2.05, 4.69) is 41.9 Å². The van der Waals surface area contributed by atoms with E-state index in [0.29, 0.717) is 17.4 Å². The molecule has 1 saturated carbocycles. The van der Waals surface area contributed by atoms with Crippen molar-refractivity contribution < 1.29 is 0 Å². The molecule has 28 heavy (non-hydrogen) atoms. The van der Waals surface area contributed by atoms with Crippen LogP contribution in [0.1, 0.15) is 36.4 Å². The van der Waals surface area contributed by atoms with Crippen LogP contribution in [0.25, 0.3) is 11.0 Å². The predicted octanol–water partition coefficient (Wildman–Crippen LogP) is 2.99. The molecular formula is C19H21ClN8. The number of anilines is 1. The average molecular weight is 397 g/mol. The zero-order chi connectivity index (χ0) is 19.1. The molecule has 9 heteroatoms. The van der Waals surface area contributed by atoms with Crippen molar-refractivity contribution in [2.24, 2.45) is 10.7 Å². The summed E-state index contributed by atoms with van der Waals surface area (Å²) in [6.45, 7) is 0. The van der Waals surface area contributed by atoms with E-state index in [0.717, 1.165) is 28.2 Å². The summed E-state index contributed by atoms with van der Waals surface area (Å²) in [5, 5.41) is 14.6. The van der Waals surface area contributed by atoms with Crippen LogP contribution in [0.2, 0.25) is 5.02 Å². The number of aromatic amines is 2. The molecule has 1 fully saturated rings. The largest absolute Gasteiger partial charge is 0.345 e. The van der Waals surface area contributed by atoms with Crippen molar-refractivity contribution in [2.75, 3.05) is 5.32 Å². The van der Waals surface area contributed by atoms with E-state index in [-0.39, 0.29) is 0 Å². The number of fused-ring (bicyclic) bond motifs is 1. The van der Waals surface area contributed by atoms with Gasteiger partial charge < -0.3 is 15.6 Å². The molecule has 144 valence electrons. The lowest BCUT2D eigenvalue weighted by Crippen LogP contribution is -2.55. The molecule has 3 aromatic rings. The lowest BCUT2D eigenvalue weighted by atomic mass is 9.83. The quantitative estimate of drug-likeness (QED) is 0.454. The van der Waals surface area contributed by atoms with Crippen LogP contribution >= 0.6 is 11.6 Å². The third-order valence-electron chi connectivity index (χ3n) is 5.37. The Morgan fingerprint density at radius 3 is 3.04 bits per heavy atom. The number of nitrogens with one attached hydrogen (secondary N) is 4. The molecule has 0 radical (unpaired) electrons. The van der Waals surface area contributed by atoms with E-state index in [1.54, 1.807) is 12.5 Å². The van der Waals surface area contributed by atoms with E-state index in [9.17, 15) is 0 Å². The van der Waals surface area contributed by atoms with Crippen molar-refractivity contribution in [3.63, 3.8) is 0 Å². The van der Waals surface area contributed by atoms with Crippen molar-refractivity contribution in [3.8, 4) is 0 Å². The van der Waals surface area contributed by atoms with Gasteiger partial charge in [-0.25, -0.2) is 4.98 Å². The van der Waals surface area contributed by atoms with Crippen LogP contribution in [0.5, 0.6) is 0 Å². The first kappa shape index (κ1) is 17.3. The predicted molar refractivity (Wildman–Crippen MR) is 110 cm³/mol. The minimum Gasteiger partial charge on any atom is -0.345 e. The van der Waals surface area contributed by atoms with Gasteiger partial charge in [0.05, 0.1) is 16.9 Å². The highest BCUT2D eigenvalue weighted by molar-refractivity contribution is 6.35. The molecular weight excluding hydrogens is 376 g/mol. The van der Waals surface area contributed by atoms with Crippen LogP contribution in [-0.2, 0) is 6.42 Å². The minimum atomic E-state index is -1.02. The number of nitrogens with zero attached hydrogens (tertiary/aromatic N) is 3. The van der Waals surface area contributed by atoms with Crippen LogP contribution in [0, 0.1) is 0 Å². The van der Waals surface area contributed by atoms with E-state index in [4.69, 9.17) is 17.3 Å². The van der Waals surface area contributed by atoms with E-state index in [1.165, 1.54) is 25.0 Å². The Morgan fingerprint density at radius 2 is 2.21 bits per heavy atom. The third kappa shape index (κ3) is 3.14. The topological polar surface area (TPSA) is 120 Å². The molecule has 0 amide bonds. The fourth-order valence-electron chi connectivity index (χ4n) is 3.62. The summed E-state index contributed by atoms with van der Waals surface area (Å²) >= 11 is 6.52. The Hall–Kier alpha value is -2.84. The van der Waals surface area contributed by atoms with Crippen LogP contribution < -0.4 is 16.4 Å². The normalized spacial score (nSPS) is 22.0. The van der Waals surface area contributed by atoms with Gasteiger partial charge in [0.25, 0.3) is 0 Å². The Labute approximate surface area is 166 Å². The summed E-state index contributed by atoms with van der Waals surface area (Å²) in [7, 11) is 0. The summed E-state index contributed by atoms with van der Waals surface area (Å²) in [5.41, 5.74) is 10.2. The first-order chi connectivity index (χ1) is 13.6. The monoisotopic (exact) mass is 396 g/mol. The van der Waals surface area contributed by atoms with Gasteiger partial charge in [0, 0.05) is 30.3 Å². The number of rotatable bonds is 5. The number of imidazole rings is 1. The number of benzene rings is 1. The van der Waals surface area contributed by atoms with Gasteiger partial charge in [-0.3, -0.25) is 15.8 Å². The number of nitrogens with two attached hydrogens (primary N) is 1. The van der Waals surface area contributed by atoms with Crippen LogP contribution in [0.3, 0.4) is 0 Å². The number of hydrogen-bond donors (Lipinski definition) is 5. The Bertz CT molecular complexity index is 1080. The number of aromatic nitrogens is 4. The number of halogens is 1. The highest BCUT2D eigenvalue weighted by Gasteiger charge is 2.29. The molecule has 6 N–H and O–H groups in total. The molecule has 0 saturated heterocycles. The van der Waals surface area contributed by atoms with Crippen molar-refractivity contribution in [1.82, 2.24) is 25.5 Å². The molecule has 1 atom stereocenters. The smallest absolute Gasteiger partial charge is 0.187 e. The third-order valence-corrected chi connectivity index (χ3v) is 5.79. The van der Waals surface area contributed by atoms with Gasteiger partial charge >= 0.3 is 0 Å². The molecule has 0 spiro atoms. The van der Waals surface area contributed by atoms with Gasteiger partial charge in [0.2, 0.25) is 0 Å². The summed E-state index contributed by atoms with van der Waals surface area (Å²) < 4.78 is 0. The van der Waals surface area contributed by atoms with Gasteiger partial charge in [0.1, 0.15) is 11.3 Å². The Kier molecular flexibility index (Phi) is 4.10. The number of H-pyrrole nitrogens is 2. The molecule has 1 aromatic carbocycles. The fourth-order valence-corrected chi connectivity index (χ4v) is 3.90. The second-order valence-corrected chi connectivity index (χ2v) is 7.76. The van der Waals surface area contributed by atoms with Gasteiger partial charge in [-0.1, -0.05) is 24.1 Å². The summed E-state index contributed by atoms with van der Waals surface area (Å²) in [4.78, 5) is 11.7. The second-order valence-electron chi connectivity index (χ2n) is 7.38. The molecule has 3 heterocycles. The summed E-state index contributed by atoms with van der Waals surface area (Å²) in [6, 6.07) is 5.94. The van der Waals surface area contributed by atoms with Crippen LogP contribution in [0.15, 0.2) is 41.4 Å². The Balaban J connectivity index is 1.31. The van der Waals surface area contributed by atoms with Gasteiger partial charge in [0.15, 0.2) is 11.6 Å². The molecule has 2 aromatic heterocycles. The SMILES string of the molecule is NC1(Cc2ccc3[nH]cnc3c2Cl)N=CC=C(Nc2cc(C3CCC3)[nH]n2)N1.